The second kappa shape index (κ2) is 7.38. The summed E-state index contributed by atoms with van der Waals surface area (Å²) < 4.78 is 13.6. The minimum absolute atomic E-state index is 0.133. The smallest absolute Gasteiger partial charge is 0.254 e. The number of rotatable bonds is 5. The Morgan fingerprint density at radius 3 is 2.64 bits per heavy atom. The van der Waals surface area contributed by atoms with E-state index in [9.17, 15) is 14.3 Å². The number of carbonyl (C=O) groups excluding carboxylic acids is 1. The van der Waals surface area contributed by atoms with Crippen molar-refractivity contribution in [3.8, 4) is 0 Å². The summed E-state index contributed by atoms with van der Waals surface area (Å²) in [7, 11) is 0. The number of hydrogen-bond acceptors (Lipinski definition) is 2. The highest BCUT2D eigenvalue weighted by Gasteiger charge is 2.20. The highest BCUT2D eigenvalue weighted by atomic mass is 35.5. The molecule has 22 heavy (non-hydrogen) atoms. The molecule has 0 spiro atoms. The molecule has 0 fully saturated rings. The molecule has 0 aliphatic carbocycles. The van der Waals surface area contributed by atoms with Gasteiger partial charge >= 0.3 is 0 Å². The van der Waals surface area contributed by atoms with Crippen molar-refractivity contribution in [1.82, 2.24) is 5.32 Å². The maximum absolute atomic E-state index is 13.6. The Kier molecular flexibility index (Phi) is 5.52. The third kappa shape index (κ3) is 4.29. The number of halogens is 2. The lowest BCUT2D eigenvalue weighted by molar-refractivity contribution is 0.0848. The first-order chi connectivity index (χ1) is 10.5. The number of nitrogens with one attached hydrogen (secondary N) is 1. The first kappa shape index (κ1) is 16.5. The molecule has 0 radical (unpaired) electrons. The lowest BCUT2D eigenvalue weighted by Crippen LogP contribution is -2.42. The van der Waals surface area contributed by atoms with Crippen LogP contribution in [0.2, 0.25) is 5.02 Å². The molecule has 2 unspecified atom stereocenters. The standard InChI is InChI=1S/C17H17ClFNO2/c1-11(16(21)9-12-5-3-2-4-6-12)20-17(22)14-10-13(18)7-8-15(14)19/h2-8,10-11,16,21H,9H2,1H3,(H,20,22). The van der Waals surface area contributed by atoms with E-state index >= 15 is 0 Å². The zero-order valence-electron chi connectivity index (χ0n) is 12.1. The number of amides is 1. The third-order valence-electron chi connectivity index (χ3n) is 3.40. The van der Waals surface area contributed by atoms with Crippen molar-refractivity contribution in [3.63, 3.8) is 0 Å². The number of hydrogen-bond donors (Lipinski definition) is 2. The Morgan fingerprint density at radius 1 is 1.27 bits per heavy atom. The van der Waals surface area contributed by atoms with Gasteiger partial charge in [0.15, 0.2) is 0 Å². The van der Waals surface area contributed by atoms with E-state index in [1.54, 1.807) is 6.92 Å². The van der Waals surface area contributed by atoms with Crippen LogP contribution in [0.4, 0.5) is 4.39 Å². The molecule has 2 rings (SSSR count). The Balaban J connectivity index is 2.00. The summed E-state index contributed by atoms with van der Waals surface area (Å²) >= 11 is 5.77. The second-order valence-electron chi connectivity index (χ2n) is 5.14. The molecule has 2 aromatic carbocycles. The Morgan fingerprint density at radius 2 is 1.95 bits per heavy atom. The van der Waals surface area contributed by atoms with E-state index in [0.717, 1.165) is 11.6 Å². The van der Waals surface area contributed by atoms with Crippen molar-refractivity contribution in [1.29, 1.82) is 0 Å². The third-order valence-corrected chi connectivity index (χ3v) is 3.63. The molecule has 0 bridgehead atoms. The lowest BCUT2D eigenvalue weighted by Gasteiger charge is -2.20. The topological polar surface area (TPSA) is 49.3 Å². The quantitative estimate of drug-likeness (QED) is 0.888. The largest absolute Gasteiger partial charge is 0.391 e. The predicted molar refractivity (Wildman–Crippen MR) is 84.5 cm³/mol. The van der Waals surface area contributed by atoms with Crippen molar-refractivity contribution >= 4 is 17.5 Å². The zero-order valence-corrected chi connectivity index (χ0v) is 12.8. The molecule has 2 aromatic rings. The number of benzene rings is 2. The number of aliphatic hydroxyl groups excluding tert-OH is 1. The molecule has 5 heteroatoms. The van der Waals surface area contributed by atoms with Crippen molar-refractivity contribution in [2.75, 3.05) is 0 Å². The van der Waals surface area contributed by atoms with Crippen LogP contribution in [0, 0.1) is 5.82 Å². The highest BCUT2D eigenvalue weighted by molar-refractivity contribution is 6.31. The molecule has 0 aromatic heterocycles. The van der Waals surface area contributed by atoms with Gasteiger partial charge in [-0.1, -0.05) is 41.9 Å². The number of aliphatic hydroxyl groups is 1. The van der Waals surface area contributed by atoms with Crippen LogP contribution in [0.3, 0.4) is 0 Å². The molecular weight excluding hydrogens is 305 g/mol. The maximum Gasteiger partial charge on any atom is 0.254 e. The summed E-state index contributed by atoms with van der Waals surface area (Å²) in [6.07, 6.45) is -0.367. The summed E-state index contributed by atoms with van der Waals surface area (Å²) in [5.41, 5.74) is 0.830. The van der Waals surface area contributed by atoms with Crippen molar-refractivity contribution in [2.45, 2.75) is 25.5 Å². The predicted octanol–water partition coefficient (Wildman–Crippen LogP) is 3.20. The van der Waals surface area contributed by atoms with Gasteiger partial charge in [0, 0.05) is 11.4 Å². The Bertz CT molecular complexity index is 648. The van der Waals surface area contributed by atoms with Gasteiger partial charge in [-0.15, -0.1) is 0 Å². The minimum atomic E-state index is -0.770. The van der Waals surface area contributed by atoms with Gasteiger partial charge in [0.1, 0.15) is 5.82 Å². The SMILES string of the molecule is CC(NC(=O)c1cc(Cl)ccc1F)C(O)Cc1ccccc1. The molecular formula is C17H17ClFNO2. The van der Waals surface area contributed by atoms with E-state index in [1.807, 2.05) is 30.3 Å². The van der Waals surface area contributed by atoms with Crippen LogP contribution in [0.25, 0.3) is 0 Å². The lowest BCUT2D eigenvalue weighted by atomic mass is 10.0. The molecule has 2 N–H and O–H groups in total. The van der Waals surface area contributed by atoms with Gasteiger partial charge in [0.05, 0.1) is 17.7 Å². The first-order valence-electron chi connectivity index (χ1n) is 6.95. The van der Waals surface area contributed by atoms with Gasteiger partial charge in [-0.05, 0) is 30.7 Å². The van der Waals surface area contributed by atoms with Crippen LogP contribution in [0.1, 0.15) is 22.8 Å². The van der Waals surface area contributed by atoms with Crippen LogP contribution >= 0.6 is 11.6 Å². The van der Waals surface area contributed by atoms with Crippen molar-refractivity contribution in [2.24, 2.45) is 0 Å². The fourth-order valence-electron chi connectivity index (χ4n) is 2.08. The fraction of sp³-hybridized carbons (Fsp3) is 0.235. The summed E-state index contributed by atoms with van der Waals surface area (Å²) in [5.74, 6) is -1.24. The Hall–Kier alpha value is -1.91. The van der Waals surface area contributed by atoms with Gasteiger partial charge in [-0.25, -0.2) is 4.39 Å². The molecule has 0 heterocycles. The average molecular weight is 322 g/mol. The van der Waals surface area contributed by atoms with Gasteiger partial charge in [-0.3, -0.25) is 4.79 Å². The first-order valence-corrected chi connectivity index (χ1v) is 7.33. The maximum atomic E-state index is 13.6. The molecule has 0 saturated carbocycles. The summed E-state index contributed by atoms with van der Waals surface area (Å²) in [6, 6.07) is 12.7. The van der Waals surface area contributed by atoms with Crippen LogP contribution in [-0.4, -0.2) is 23.2 Å². The van der Waals surface area contributed by atoms with E-state index in [2.05, 4.69) is 5.32 Å². The van der Waals surface area contributed by atoms with Crippen molar-refractivity contribution in [3.05, 3.63) is 70.5 Å². The van der Waals surface area contributed by atoms with Crippen LogP contribution in [0.15, 0.2) is 48.5 Å². The van der Waals surface area contributed by atoms with E-state index in [1.165, 1.54) is 12.1 Å². The van der Waals surface area contributed by atoms with E-state index < -0.39 is 23.9 Å². The number of carbonyl (C=O) groups is 1. The average Bonchev–Trinajstić information content (AvgIpc) is 2.50. The monoisotopic (exact) mass is 321 g/mol. The van der Waals surface area contributed by atoms with Crippen LogP contribution in [-0.2, 0) is 6.42 Å². The van der Waals surface area contributed by atoms with Crippen LogP contribution in [0.5, 0.6) is 0 Å². The molecule has 116 valence electrons. The van der Waals surface area contributed by atoms with Crippen molar-refractivity contribution < 1.29 is 14.3 Å². The highest BCUT2D eigenvalue weighted by Crippen LogP contribution is 2.15. The fourth-order valence-corrected chi connectivity index (χ4v) is 2.26. The minimum Gasteiger partial charge on any atom is -0.391 e. The van der Waals surface area contributed by atoms with Gasteiger partial charge < -0.3 is 10.4 Å². The normalized spacial score (nSPS) is 13.5. The van der Waals surface area contributed by atoms with Gasteiger partial charge in [-0.2, -0.15) is 0 Å². The molecule has 2 atom stereocenters. The zero-order chi connectivity index (χ0) is 16.1. The molecule has 3 nitrogen and oxygen atoms in total. The Labute approximate surface area is 133 Å². The molecule has 1 amide bonds. The van der Waals surface area contributed by atoms with Crippen LogP contribution < -0.4 is 5.32 Å². The molecule has 0 saturated heterocycles. The van der Waals surface area contributed by atoms with Gasteiger partial charge in [0.25, 0.3) is 5.91 Å². The summed E-state index contributed by atoms with van der Waals surface area (Å²) in [6.45, 7) is 1.67. The van der Waals surface area contributed by atoms with E-state index in [4.69, 9.17) is 11.6 Å². The second-order valence-corrected chi connectivity index (χ2v) is 5.58. The molecule has 0 aliphatic rings. The van der Waals surface area contributed by atoms with Gasteiger partial charge in [0.2, 0.25) is 0 Å². The summed E-state index contributed by atoms with van der Waals surface area (Å²) in [5, 5.41) is 13.0. The van der Waals surface area contributed by atoms with E-state index in [0.29, 0.717) is 6.42 Å². The summed E-state index contributed by atoms with van der Waals surface area (Å²) in [4.78, 5) is 12.1. The van der Waals surface area contributed by atoms with E-state index in [-0.39, 0.29) is 10.6 Å². The molecule has 0 aliphatic heterocycles.